The van der Waals surface area contributed by atoms with Gasteiger partial charge in [-0.2, -0.15) is 5.10 Å². The van der Waals surface area contributed by atoms with Crippen molar-refractivity contribution in [3.05, 3.63) is 5.69 Å². The van der Waals surface area contributed by atoms with Crippen molar-refractivity contribution in [1.29, 1.82) is 0 Å². The van der Waals surface area contributed by atoms with E-state index in [1.807, 2.05) is 13.8 Å². The number of amides is 1. The Labute approximate surface area is 83.1 Å². The maximum absolute atomic E-state index is 11.4. The van der Waals surface area contributed by atoms with E-state index in [2.05, 4.69) is 15.5 Å². The number of nitrogens with one attached hydrogen (secondary N) is 2. The first-order valence-corrected chi connectivity index (χ1v) is 4.61. The highest BCUT2D eigenvalue weighted by Crippen LogP contribution is 2.18. The molecule has 0 atom stereocenters. The molecule has 5 heteroatoms. The summed E-state index contributed by atoms with van der Waals surface area (Å²) in [6, 6.07) is 0. The monoisotopic (exact) mass is 196 g/mol. The number of aromatic amines is 1. The highest BCUT2D eigenvalue weighted by molar-refractivity contribution is 5.92. The second-order valence-corrected chi connectivity index (χ2v) is 3.76. The summed E-state index contributed by atoms with van der Waals surface area (Å²) >= 11 is 0. The van der Waals surface area contributed by atoms with Gasteiger partial charge in [0.15, 0.2) is 5.82 Å². The zero-order valence-corrected chi connectivity index (χ0v) is 8.72. The van der Waals surface area contributed by atoms with Crippen molar-refractivity contribution in [3.63, 3.8) is 0 Å². The number of nitrogens with zero attached hydrogens (tertiary/aromatic N) is 1. The number of carbonyl (C=O) groups is 1. The minimum absolute atomic E-state index is 0.0572. The van der Waals surface area contributed by atoms with E-state index in [0.717, 1.165) is 5.69 Å². The van der Waals surface area contributed by atoms with Gasteiger partial charge in [0.1, 0.15) is 0 Å². The molecule has 0 radical (unpaired) electrons. The molecule has 1 aromatic heterocycles. The van der Waals surface area contributed by atoms with E-state index in [0.29, 0.717) is 23.8 Å². The van der Waals surface area contributed by atoms with Gasteiger partial charge in [0.05, 0.1) is 11.4 Å². The molecule has 0 aliphatic carbocycles. The number of aryl methyl sites for hydroxylation is 1. The standard InChI is InChI=1S/C9H16N4O/c1-5(2)4-7(14)11-9-8(10)6(3)12-13-9/h5H,4,10H2,1-3H3,(H2,11,12,13,14). The van der Waals surface area contributed by atoms with E-state index in [1.165, 1.54) is 0 Å². The van der Waals surface area contributed by atoms with Crippen LogP contribution in [0, 0.1) is 12.8 Å². The Hall–Kier alpha value is -1.52. The average Bonchev–Trinajstić information content (AvgIpc) is 2.34. The molecule has 0 saturated heterocycles. The lowest BCUT2D eigenvalue weighted by Crippen LogP contribution is -2.15. The van der Waals surface area contributed by atoms with Crippen molar-refractivity contribution in [1.82, 2.24) is 10.2 Å². The van der Waals surface area contributed by atoms with Gasteiger partial charge in [-0.05, 0) is 12.8 Å². The van der Waals surface area contributed by atoms with Crippen LogP contribution in [0.3, 0.4) is 0 Å². The van der Waals surface area contributed by atoms with Crippen LogP contribution in [0.1, 0.15) is 26.0 Å². The summed E-state index contributed by atoms with van der Waals surface area (Å²) in [4.78, 5) is 11.4. The first-order chi connectivity index (χ1) is 6.50. The van der Waals surface area contributed by atoms with Crippen LogP contribution >= 0.6 is 0 Å². The van der Waals surface area contributed by atoms with E-state index in [9.17, 15) is 4.79 Å². The molecule has 0 aliphatic heterocycles. The second-order valence-electron chi connectivity index (χ2n) is 3.76. The first kappa shape index (κ1) is 10.6. The van der Waals surface area contributed by atoms with E-state index in [-0.39, 0.29) is 5.91 Å². The topological polar surface area (TPSA) is 83.8 Å². The van der Waals surface area contributed by atoms with Crippen LogP contribution in [0.5, 0.6) is 0 Å². The third kappa shape index (κ3) is 2.48. The van der Waals surface area contributed by atoms with E-state index < -0.39 is 0 Å². The normalized spacial score (nSPS) is 10.6. The fraction of sp³-hybridized carbons (Fsp3) is 0.556. The fourth-order valence-electron chi connectivity index (χ4n) is 1.09. The highest BCUT2D eigenvalue weighted by atomic mass is 16.1. The summed E-state index contributed by atoms with van der Waals surface area (Å²) in [5, 5.41) is 9.24. The average molecular weight is 196 g/mol. The molecule has 0 bridgehead atoms. The molecule has 78 valence electrons. The number of nitrogen functional groups attached to an aromatic ring is 1. The molecule has 0 spiro atoms. The summed E-state index contributed by atoms with van der Waals surface area (Å²) in [5.74, 6) is 0.697. The molecule has 0 unspecified atom stereocenters. The number of hydrogen-bond donors (Lipinski definition) is 3. The minimum Gasteiger partial charge on any atom is -0.394 e. The van der Waals surface area contributed by atoms with Crippen molar-refractivity contribution in [2.45, 2.75) is 27.2 Å². The summed E-state index contributed by atoms with van der Waals surface area (Å²) in [6.07, 6.45) is 0.478. The summed E-state index contributed by atoms with van der Waals surface area (Å²) in [6.45, 7) is 5.78. The summed E-state index contributed by atoms with van der Waals surface area (Å²) < 4.78 is 0. The zero-order chi connectivity index (χ0) is 10.7. The van der Waals surface area contributed by atoms with Gasteiger partial charge >= 0.3 is 0 Å². The van der Waals surface area contributed by atoms with Crippen LogP contribution < -0.4 is 11.1 Å². The number of hydrogen-bond acceptors (Lipinski definition) is 3. The molecule has 4 N–H and O–H groups in total. The molecular formula is C9H16N4O. The third-order valence-electron chi connectivity index (χ3n) is 1.85. The molecular weight excluding hydrogens is 180 g/mol. The number of aromatic nitrogens is 2. The zero-order valence-electron chi connectivity index (χ0n) is 8.72. The van der Waals surface area contributed by atoms with Gasteiger partial charge in [0.2, 0.25) is 5.91 Å². The molecule has 1 amide bonds. The van der Waals surface area contributed by atoms with Crippen molar-refractivity contribution in [2.24, 2.45) is 5.92 Å². The number of carbonyl (C=O) groups excluding carboxylic acids is 1. The lowest BCUT2D eigenvalue weighted by Gasteiger charge is -2.04. The SMILES string of the molecule is Cc1[nH]nc(NC(=O)CC(C)C)c1N. The number of nitrogens with two attached hydrogens (primary N) is 1. The van der Waals surface area contributed by atoms with Crippen molar-refractivity contribution < 1.29 is 4.79 Å². The lowest BCUT2D eigenvalue weighted by atomic mass is 10.1. The predicted molar refractivity (Wildman–Crippen MR) is 55.8 cm³/mol. The van der Waals surface area contributed by atoms with Gasteiger partial charge < -0.3 is 11.1 Å². The number of H-pyrrole nitrogens is 1. The van der Waals surface area contributed by atoms with Gasteiger partial charge in [-0.3, -0.25) is 9.89 Å². The highest BCUT2D eigenvalue weighted by Gasteiger charge is 2.10. The number of anilines is 2. The molecule has 1 heterocycles. The van der Waals surface area contributed by atoms with Crippen LogP contribution in [0.25, 0.3) is 0 Å². The maximum atomic E-state index is 11.4. The fourth-order valence-corrected chi connectivity index (χ4v) is 1.09. The lowest BCUT2D eigenvalue weighted by molar-refractivity contribution is -0.116. The maximum Gasteiger partial charge on any atom is 0.225 e. The molecule has 1 aromatic rings. The third-order valence-corrected chi connectivity index (χ3v) is 1.85. The molecule has 0 aromatic carbocycles. The molecule has 14 heavy (non-hydrogen) atoms. The number of rotatable bonds is 3. The largest absolute Gasteiger partial charge is 0.394 e. The molecule has 1 rings (SSSR count). The van der Waals surface area contributed by atoms with Gasteiger partial charge in [0.25, 0.3) is 0 Å². The van der Waals surface area contributed by atoms with Crippen LogP contribution in [0.4, 0.5) is 11.5 Å². The van der Waals surface area contributed by atoms with Gasteiger partial charge in [0, 0.05) is 6.42 Å². The quantitative estimate of drug-likeness (QED) is 0.681. The van der Waals surface area contributed by atoms with E-state index in [4.69, 9.17) is 5.73 Å². The van der Waals surface area contributed by atoms with Crippen molar-refractivity contribution in [3.8, 4) is 0 Å². The predicted octanol–water partition coefficient (Wildman–Crippen LogP) is 1.28. The van der Waals surface area contributed by atoms with E-state index in [1.54, 1.807) is 6.92 Å². The second kappa shape index (κ2) is 4.13. The van der Waals surface area contributed by atoms with Gasteiger partial charge in [-0.15, -0.1) is 0 Å². The molecule has 5 nitrogen and oxygen atoms in total. The Morgan fingerprint density at radius 1 is 1.64 bits per heavy atom. The summed E-state index contributed by atoms with van der Waals surface area (Å²) in [7, 11) is 0. The van der Waals surface area contributed by atoms with Crippen LogP contribution in [0.15, 0.2) is 0 Å². The Morgan fingerprint density at radius 3 is 2.71 bits per heavy atom. The molecule has 0 saturated carbocycles. The summed E-state index contributed by atoms with van der Waals surface area (Å²) in [5.41, 5.74) is 6.94. The smallest absolute Gasteiger partial charge is 0.225 e. The van der Waals surface area contributed by atoms with Gasteiger partial charge in [-0.25, -0.2) is 0 Å². The van der Waals surface area contributed by atoms with E-state index >= 15 is 0 Å². The van der Waals surface area contributed by atoms with Crippen LogP contribution in [0.2, 0.25) is 0 Å². The Morgan fingerprint density at radius 2 is 2.29 bits per heavy atom. The van der Waals surface area contributed by atoms with Crippen molar-refractivity contribution in [2.75, 3.05) is 11.1 Å². The molecule has 0 fully saturated rings. The minimum atomic E-state index is -0.0572. The Kier molecular flexibility index (Phi) is 3.11. The molecule has 0 aliphatic rings. The van der Waals surface area contributed by atoms with Crippen molar-refractivity contribution >= 4 is 17.4 Å². The van der Waals surface area contributed by atoms with Crippen LogP contribution in [-0.2, 0) is 4.79 Å². The van der Waals surface area contributed by atoms with Gasteiger partial charge in [-0.1, -0.05) is 13.8 Å². The Balaban J connectivity index is 2.61. The Bertz CT molecular complexity index is 330. The van der Waals surface area contributed by atoms with Crippen LogP contribution in [-0.4, -0.2) is 16.1 Å². The first-order valence-electron chi connectivity index (χ1n) is 4.61.